The summed E-state index contributed by atoms with van der Waals surface area (Å²) in [6.45, 7) is 4.40. The van der Waals surface area contributed by atoms with Crippen LogP contribution in [0.1, 0.15) is 13.8 Å². The molecule has 0 saturated carbocycles. The van der Waals surface area contributed by atoms with Gasteiger partial charge in [-0.2, -0.15) is 0 Å². The number of hydrogen-bond acceptors (Lipinski definition) is 5. The lowest BCUT2D eigenvalue weighted by molar-refractivity contribution is 0.130. The number of para-hydroxylation sites is 1. The first kappa shape index (κ1) is 22.8. The summed E-state index contributed by atoms with van der Waals surface area (Å²) >= 11 is 0. The fourth-order valence-electron chi connectivity index (χ4n) is 3.22. The maximum atomic E-state index is 12.4. The number of fused-ring (bicyclic) bond motifs is 2. The Bertz CT molecular complexity index is 1170. The van der Waals surface area contributed by atoms with Gasteiger partial charge in [0.2, 0.25) is 0 Å². The number of hydrogen-bond donors (Lipinski definition) is 1. The highest BCUT2D eigenvalue weighted by Gasteiger charge is 2.20. The molecule has 0 aliphatic heterocycles. The van der Waals surface area contributed by atoms with Crippen molar-refractivity contribution in [2.75, 3.05) is 19.7 Å². The molecule has 4 aromatic rings. The van der Waals surface area contributed by atoms with Crippen LogP contribution in [0.3, 0.4) is 0 Å². The zero-order valence-electron chi connectivity index (χ0n) is 17.3. The van der Waals surface area contributed by atoms with E-state index in [4.69, 9.17) is 9.72 Å². The Hall–Kier alpha value is -2.84. The van der Waals surface area contributed by atoms with Crippen molar-refractivity contribution in [3.05, 3.63) is 54.7 Å². The minimum absolute atomic E-state index is 0. The standard InChI is InChI=1S/C22H23F2N5O.ClH/c1-22(2,13-25-12-18(23)24)14-30-17-7-5-6-15-9-10-16(26-20(15)17)21-28-27-19-8-3-4-11-29(19)21;/h3-11,18,25H,12-14H2,1-2H3;1H. The number of pyridine rings is 2. The van der Waals surface area contributed by atoms with Crippen molar-refractivity contribution < 1.29 is 13.5 Å². The van der Waals surface area contributed by atoms with Gasteiger partial charge >= 0.3 is 0 Å². The van der Waals surface area contributed by atoms with Crippen molar-refractivity contribution in [2.24, 2.45) is 5.41 Å². The third kappa shape index (κ3) is 5.26. The fourth-order valence-corrected chi connectivity index (χ4v) is 3.22. The van der Waals surface area contributed by atoms with Gasteiger partial charge in [0.1, 0.15) is 17.0 Å². The summed E-state index contributed by atoms with van der Waals surface area (Å²) in [6, 6.07) is 15.3. The van der Waals surface area contributed by atoms with Crippen LogP contribution >= 0.6 is 12.4 Å². The summed E-state index contributed by atoms with van der Waals surface area (Å²) in [6.07, 6.45) is -0.468. The highest BCUT2D eigenvalue weighted by Crippen LogP contribution is 2.28. The van der Waals surface area contributed by atoms with E-state index in [0.717, 1.165) is 16.6 Å². The number of rotatable bonds is 8. The molecule has 0 atom stereocenters. The van der Waals surface area contributed by atoms with E-state index < -0.39 is 6.43 Å². The first-order valence-electron chi connectivity index (χ1n) is 9.74. The molecule has 6 nitrogen and oxygen atoms in total. The molecular weight excluding hydrogens is 424 g/mol. The zero-order valence-corrected chi connectivity index (χ0v) is 18.1. The van der Waals surface area contributed by atoms with Gasteiger partial charge in [-0.1, -0.05) is 38.1 Å². The van der Waals surface area contributed by atoms with E-state index in [1.807, 2.05) is 73.0 Å². The minimum Gasteiger partial charge on any atom is -0.491 e. The molecule has 0 radical (unpaired) electrons. The first-order valence-corrected chi connectivity index (χ1v) is 9.74. The molecule has 0 aliphatic rings. The fraction of sp³-hybridized carbons (Fsp3) is 0.318. The van der Waals surface area contributed by atoms with E-state index in [1.165, 1.54) is 0 Å². The van der Waals surface area contributed by atoms with Gasteiger partial charge in [0.25, 0.3) is 6.43 Å². The number of halogens is 3. The van der Waals surface area contributed by atoms with Gasteiger partial charge in [0.15, 0.2) is 11.5 Å². The molecule has 0 aliphatic carbocycles. The molecule has 0 amide bonds. The van der Waals surface area contributed by atoms with E-state index in [9.17, 15) is 8.78 Å². The topological polar surface area (TPSA) is 64.3 Å². The Balaban J connectivity index is 0.00000272. The zero-order chi connectivity index (χ0) is 21.1. The maximum Gasteiger partial charge on any atom is 0.250 e. The lowest BCUT2D eigenvalue weighted by atomic mass is 9.95. The summed E-state index contributed by atoms with van der Waals surface area (Å²) in [5.74, 6) is 1.30. The smallest absolute Gasteiger partial charge is 0.250 e. The van der Waals surface area contributed by atoms with Crippen molar-refractivity contribution >= 4 is 29.0 Å². The van der Waals surface area contributed by atoms with Crippen molar-refractivity contribution in [2.45, 2.75) is 20.3 Å². The molecule has 0 fully saturated rings. The van der Waals surface area contributed by atoms with E-state index in [0.29, 0.717) is 30.4 Å². The van der Waals surface area contributed by atoms with Crippen LogP contribution in [0.4, 0.5) is 8.78 Å². The second-order valence-corrected chi connectivity index (χ2v) is 7.95. The molecule has 0 bridgehead atoms. The van der Waals surface area contributed by atoms with Crippen molar-refractivity contribution in [3.8, 4) is 17.3 Å². The number of ether oxygens (including phenoxy) is 1. The quantitative estimate of drug-likeness (QED) is 0.427. The second-order valence-electron chi connectivity index (χ2n) is 7.95. The predicted octanol–water partition coefficient (Wildman–Crippen LogP) is 4.63. The number of nitrogens with one attached hydrogen (secondary N) is 1. The SMILES string of the molecule is CC(C)(CNCC(F)F)COc1cccc2ccc(-c3nnc4ccccn34)nc12.Cl. The van der Waals surface area contributed by atoms with E-state index >= 15 is 0 Å². The van der Waals surface area contributed by atoms with Gasteiger partial charge < -0.3 is 10.1 Å². The van der Waals surface area contributed by atoms with Gasteiger partial charge in [-0.3, -0.25) is 4.40 Å². The summed E-state index contributed by atoms with van der Waals surface area (Å²) in [5, 5.41) is 12.2. The van der Waals surface area contributed by atoms with Crippen LogP contribution in [-0.4, -0.2) is 45.7 Å². The van der Waals surface area contributed by atoms with Crippen molar-refractivity contribution in [1.29, 1.82) is 0 Å². The highest BCUT2D eigenvalue weighted by molar-refractivity contribution is 5.86. The molecule has 1 N–H and O–H groups in total. The van der Waals surface area contributed by atoms with E-state index in [1.54, 1.807) is 0 Å². The van der Waals surface area contributed by atoms with Crippen LogP contribution in [0.2, 0.25) is 0 Å². The van der Waals surface area contributed by atoms with Gasteiger partial charge in [-0.05, 0) is 24.3 Å². The number of nitrogens with zero attached hydrogens (tertiary/aromatic N) is 4. The Kier molecular flexibility index (Phi) is 7.02. The predicted molar refractivity (Wildman–Crippen MR) is 119 cm³/mol. The lowest BCUT2D eigenvalue weighted by Gasteiger charge is -2.25. The van der Waals surface area contributed by atoms with Gasteiger partial charge in [-0.25, -0.2) is 13.8 Å². The average molecular weight is 448 g/mol. The maximum absolute atomic E-state index is 12.4. The lowest BCUT2D eigenvalue weighted by Crippen LogP contribution is -2.36. The molecular formula is C22H24ClF2N5O. The third-order valence-corrected chi connectivity index (χ3v) is 4.75. The monoisotopic (exact) mass is 447 g/mol. The molecule has 164 valence electrons. The molecule has 0 spiro atoms. The highest BCUT2D eigenvalue weighted by atomic mass is 35.5. The van der Waals surface area contributed by atoms with E-state index in [2.05, 4.69) is 15.5 Å². The van der Waals surface area contributed by atoms with Gasteiger partial charge in [-0.15, -0.1) is 22.6 Å². The number of alkyl halides is 2. The summed E-state index contributed by atoms with van der Waals surface area (Å²) < 4.78 is 32.7. The Morgan fingerprint density at radius 1 is 1.06 bits per heavy atom. The van der Waals surface area contributed by atoms with E-state index in [-0.39, 0.29) is 24.4 Å². The van der Waals surface area contributed by atoms with Gasteiger partial charge in [0.05, 0.1) is 13.2 Å². The summed E-state index contributed by atoms with van der Waals surface area (Å²) in [7, 11) is 0. The van der Waals surface area contributed by atoms with Crippen molar-refractivity contribution in [1.82, 2.24) is 24.9 Å². The largest absolute Gasteiger partial charge is 0.491 e. The molecule has 3 aromatic heterocycles. The Labute approximate surface area is 185 Å². The number of benzene rings is 1. The Morgan fingerprint density at radius 2 is 1.90 bits per heavy atom. The molecule has 9 heteroatoms. The third-order valence-electron chi connectivity index (χ3n) is 4.75. The molecule has 4 rings (SSSR count). The minimum atomic E-state index is -2.37. The molecule has 1 aromatic carbocycles. The van der Waals surface area contributed by atoms with Crippen LogP contribution in [0, 0.1) is 5.41 Å². The van der Waals surface area contributed by atoms with Crippen LogP contribution in [0.5, 0.6) is 5.75 Å². The normalized spacial score (nSPS) is 11.8. The van der Waals surface area contributed by atoms with Crippen molar-refractivity contribution in [3.63, 3.8) is 0 Å². The Morgan fingerprint density at radius 3 is 2.71 bits per heavy atom. The molecule has 31 heavy (non-hydrogen) atoms. The second kappa shape index (κ2) is 9.53. The van der Waals surface area contributed by atoms with Crippen LogP contribution in [0.15, 0.2) is 54.7 Å². The molecule has 0 unspecified atom stereocenters. The molecule has 3 heterocycles. The van der Waals surface area contributed by atoms with Crippen LogP contribution in [0.25, 0.3) is 28.1 Å². The number of aromatic nitrogens is 4. The average Bonchev–Trinajstić information content (AvgIpc) is 3.15. The summed E-state index contributed by atoms with van der Waals surface area (Å²) in [4.78, 5) is 4.79. The molecule has 0 saturated heterocycles. The van der Waals surface area contributed by atoms with Crippen LogP contribution in [-0.2, 0) is 0 Å². The van der Waals surface area contributed by atoms with Crippen LogP contribution < -0.4 is 10.1 Å². The summed E-state index contributed by atoms with van der Waals surface area (Å²) in [5.41, 5.74) is 1.84. The van der Waals surface area contributed by atoms with Gasteiger partial charge in [0, 0.05) is 23.5 Å². The first-order chi connectivity index (χ1) is 14.4.